The third-order valence-electron chi connectivity index (χ3n) is 2.60. The van der Waals surface area contributed by atoms with Crippen molar-refractivity contribution in [3.8, 4) is 5.75 Å². The molecule has 0 saturated heterocycles. The van der Waals surface area contributed by atoms with Gasteiger partial charge in [-0.3, -0.25) is 0 Å². The first kappa shape index (κ1) is 13.5. The Labute approximate surface area is 106 Å². The van der Waals surface area contributed by atoms with Crippen molar-refractivity contribution in [1.29, 1.82) is 0 Å². The highest BCUT2D eigenvalue weighted by molar-refractivity contribution is 9.10. The van der Waals surface area contributed by atoms with Crippen LogP contribution in [-0.2, 0) is 5.60 Å². The van der Waals surface area contributed by atoms with Gasteiger partial charge in [0.25, 0.3) is 0 Å². The van der Waals surface area contributed by atoms with E-state index in [1.807, 2.05) is 12.1 Å². The van der Waals surface area contributed by atoms with Gasteiger partial charge in [0.1, 0.15) is 5.75 Å². The molecule has 1 rings (SSSR count). The first-order valence-corrected chi connectivity index (χ1v) is 6.17. The summed E-state index contributed by atoms with van der Waals surface area (Å²) in [6.45, 7) is 7.77. The van der Waals surface area contributed by atoms with Crippen molar-refractivity contribution in [1.82, 2.24) is 0 Å². The van der Waals surface area contributed by atoms with E-state index in [1.165, 1.54) is 0 Å². The molecule has 0 aliphatic rings. The number of aliphatic hydroxyl groups is 1. The lowest BCUT2D eigenvalue weighted by molar-refractivity contribution is 0.0782. The first-order valence-electron chi connectivity index (χ1n) is 5.37. The molecule has 1 N–H and O–H groups in total. The van der Waals surface area contributed by atoms with Gasteiger partial charge < -0.3 is 9.84 Å². The van der Waals surface area contributed by atoms with E-state index in [1.54, 1.807) is 21.0 Å². The van der Waals surface area contributed by atoms with E-state index in [-0.39, 0.29) is 0 Å². The van der Waals surface area contributed by atoms with Crippen molar-refractivity contribution in [3.05, 3.63) is 27.7 Å². The highest BCUT2D eigenvalue weighted by Crippen LogP contribution is 2.37. The molecule has 0 radical (unpaired) electrons. The normalized spacial score (nSPS) is 12.0. The number of hydrogen-bond donors (Lipinski definition) is 1. The lowest BCUT2D eigenvalue weighted by Crippen LogP contribution is -2.16. The maximum Gasteiger partial charge on any atom is 0.123 e. The molecule has 0 bridgehead atoms. The maximum absolute atomic E-state index is 9.99. The Bertz CT molecular complexity index is 378. The van der Waals surface area contributed by atoms with Crippen molar-refractivity contribution < 1.29 is 9.84 Å². The van der Waals surface area contributed by atoms with Crippen molar-refractivity contribution in [3.63, 3.8) is 0 Å². The van der Waals surface area contributed by atoms with Gasteiger partial charge in [-0.25, -0.2) is 0 Å². The second kappa shape index (κ2) is 4.76. The fraction of sp³-hybridized carbons (Fsp3) is 0.538. The van der Waals surface area contributed by atoms with Gasteiger partial charge in [0.05, 0.1) is 12.7 Å². The predicted molar refractivity (Wildman–Crippen MR) is 70.0 cm³/mol. The molecule has 90 valence electrons. The standard InChI is InChI=1S/C13H19BrO2/c1-8(2)12-10(14)6-9(13(3,4)15)7-11(12)16-5/h6-8,15H,1-5H3. The third-order valence-corrected chi connectivity index (χ3v) is 3.25. The van der Waals surface area contributed by atoms with Crippen LogP contribution in [0.5, 0.6) is 5.75 Å². The monoisotopic (exact) mass is 286 g/mol. The molecule has 0 spiro atoms. The van der Waals surface area contributed by atoms with Crippen LogP contribution in [0.2, 0.25) is 0 Å². The number of methoxy groups -OCH3 is 1. The van der Waals surface area contributed by atoms with Crippen molar-refractivity contribution >= 4 is 15.9 Å². The Morgan fingerprint density at radius 3 is 2.25 bits per heavy atom. The highest BCUT2D eigenvalue weighted by atomic mass is 79.9. The minimum absolute atomic E-state index is 0.375. The van der Waals surface area contributed by atoms with Crippen LogP contribution in [0.15, 0.2) is 16.6 Å². The van der Waals surface area contributed by atoms with E-state index < -0.39 is 5.60 Å². The Hall–Kier alpha value is -0.540. The van der Waals surface area contributed by atoms with Crippen LogP contribution in [0.25, 0.3) is 0 Å². The molecule has 0 saturated carbocycles. The molecule has 0 amide bonds. The van der Waals surface area contributed by atoms with E-state index in [0.29, 0.717) is 5.92 Å². The SMILES string of the molecule is COc1cc(C(C)(C)O)cc(Br)c1C(C)C. The number of rotatable bonds is 3. The smallest absolute Gasteiger partial charge is 0.123 e. The summed E-state index contributed by atoms with van der Waals surface area (Å²) < 4.78 is 6.37. The van der Waals surface area contributed by atoms with Gasteiger partial charge in [-0.05, 0) is 37.5 Å². The summed E-state index contributed by atoms with van der Waals surface area (Å²) in [4.78, 5) is 0. The molecule has 3 heteroatoms. The van der Waals surface area contributed by atoms with Gasteiger partial charge in [-0.1, -0.05) is 29.8 Å². The molecule has 0 fully saturated rings. The minimum atomic E-state index is -0.856. The summed E-state index contributed by atoms with van der Waals surface area (Å²) >= 11 is 3.54. The van der Waals surface area contributed by atoms with Gasteiger partial charge in [0.2, 0.25) is 0 Å². The molecule has 2 nitrogen and oxygen atoms in total. The quantitative estimate of drug-likeness (QED) is 0.916. The molecule has 16 heavy (non-hydrogen) atoms. The lowest BCUT2D eigenvalue weighted by Gasteiger charge is -2.22. The van der Waals surface area contributed by atoms with E-state index >= 15 is 0 Å². The van der Waals surface area contributed by atoms with Crippen molar-refractivity contribution in [2.75, 3.05) is 7.11 Å². The van der Waals surface area contributed by atoms with Crippen molar-refractivity contribution in [2.24, 2.45) is 0 Å². The molecular formula is C13H19BrO2. The summed E-state index contributed by atoms with van der Waals surface area (Å²) in [5.41, 5.74) is 1.13. The first-order chi connectivity index (χ1) is 7.27. The fourth-order valence-corrected chi connectivity index (χ4v) is 2.57. The number of halogens is 1. The second-order valence-electron chi connectivity index (χ2n) is 4.79. The van der Waals surface area contributed by atoms with Crippen LogP contribution in [0, 0.1) is 0 Å². The summed E-state index contributed by atoms with van der Waals surface area (Å²) in [6.07, 6.45) is 0. The van der Waals surface area contributed by atoms with Crippen molar-refractivity contribution in [2.45, 2.75) is 39.2 Å². The maximum atomic E-state index is 9.99. The van der Waals surface area contributed by atoms with Crippen LogP contribution in [0.1, 0.15) is 44.7 Å². The molecule has 0 heterocycles. The zero-order valence-electron chi connectivity index (χ0n) is 10.5. The Balaban J connectivity index is 3.38. The van der Waals surface area contributed by atoms with Gasteiger partial charge >= 0.3 is 0 Å². The summed E-state index contributed by atoms with van der Waals surface area (Å²) in [5, 5.41) is 9.99. The van der Waals surface area contributed by atoms with Crippen LogP contribution in [-0.4, -0.2) is 12.2 Å². The zero-order valence-corrected chi connectivity index (χ0v) is 12.1. The van der Waals surface area contributed by atoms with E-state index in [0.717, 1.165) is 21.3 Å². The Morgan fingerprint density at radius 2 is 1.88 bits per heavy atom. The van der Waals surface area contributed by atoms with E-state index in [4.69, 9.17) is 4.74 Å². The molecule has 0 atom stereocenters. The average molecular weight is 287 g/mol. The molecular weight excluding hydrogens is 268 g/mol. The minimum Gasteiger partial charge on any atom is -0.496 e. The fourth-order valence-electron chi connectivity index (χ4n) is 1.68. The zero-order chi connectivity index (χ0) is 12.5. The molecule has 0 aliphatic heterocycles. The number of ether oxygens (including phenoxy) is 1. The van der Waals surface area contributed by atoms with E-state index in [9.17, 15) is 5.11 Å². The van der Waals surface area contributed by atoms with Crippen LogP contribution in [0.4, 0.5) is 0 Å². The van der Waals surface area contributed by atoms with Gasteiger partial charge in [0.15, 0.2) is 0 Å². The van der Waals surface area contributed by atoms with Crippen LogP contribution >= 0.6 is 15.9 Å². The molecule has 1 aromatic rings. The lowest BCUT2D eigenvalue weighted by atomic mass is 9.93. The van der Waals surface area contributed by atoms with Crippen LogP contribution < -0.4 is 4.74 Å². The predicted octanol–water partition coefficient (Wildman–Crippen LogP) is 3.81. The van der Waals surface area contributed by atoms with Gasteiger partial charge in [0, 0.05) is 10.0 Å². The molecule has 1 aromatic carbocycles. The molecule has 0 aliphatic carbocycles. The summed E-state index contributed by atoms with van der Waals surface area (Å²) in [5.74, 6) is 1.20. The Kier molecular flexibility index (Phi) is 4.02. The topological polar surface area (TPSA) is 29.5 Å². The summed E-state index contributed by atoms with van der Waals surface area (Å²) in [6, 6.07) is 3.86. The molecule has 0 unspecified atom stereocenters. The third kappa shape index (κ3) is 2.77. The van der Waals surface area contributed by atoms with Crippen LogP contribution in [0.3, 0.4) is 0 Å². The average Bonchev–Trinajstić information content (AvgIpc) is 2.14. The Morgan fingerprint density at radius 1 is 1.31 bits per heavy atom. The summed E-state index contributed by atoms with van der Waals surface area (Å²) in [7, 11) is 1.65. The van der Waals surface area contributed by atoms with E-state index in [2.05, 4.69) is 29.8 Å². The number of hydrogen-bond acceptors (Lipinski definition) is 2. The highest BCUT2D eigenvalue weighted by Gasteiger charge is 2.21. The largest absolute Gasteiger partial charge is 0.496 e. The molecule has 0 aromatic heterocycles. The van der Waals surface area contributed by atoms with Gasteiger partial charge in [-0.2, -0.15) is 0 Å². The number of benzene rings is 1. The van der Waals surface area contributed by atoms with Gasteiger partial charge in [-0.15, -0.1) is 0 Å². The second-order valence-corrected chi connectivity index (χ2v) is 5.64.